The van der Waals surface area contributed by atoms with E-state index in [9.17, 15) is 9.90 Å². The van der Waals surface area contributed by atoms with Crippen LogP contribution < -0.4 is 5.73 Å². The average Bonchev–Trinajstić information content (AvgIpc) is 2.17. The standard InChI is InChI=1S/C12H17NO2.ClH/c1-9(2)8-12(13,11(14)15)10-6-4-3-5-7-10;/h3-7,9H,8,13H2,1-2H3,(H,14,15);1H. The summed E-state index contributed by atoms with van der Waals surface area (Å²) in [5.74, 6) is -0.728. The quantitative estimate of drug-likeness (QED) is 0.854. The molecule has 0 heterocycles. The third kappa shape index (κ3) is 3.22. The molecule has 0 aliphatic carbocycles. The van der Waals surface area contributed by atoms with Crippen LogP contribution in [-0.4, -0.2) is 11.1 Å². The van der Waals surface area contributed by atoms with Gasteiger partial charge in [-0.25, -0.2) is 4.79 Å². The predicted molar refractivity (Wildman–Crippen MR) is 66.6 cm³/mol. The first-order valence-corrected chi connectivity index (χ1v) is 5.04. The molecule has 0 fully saturated rings. The summed E-state index contributed by atoms with van der Waals surface area (Å²) in [6.07, 6.45) is 0.437. The summed E-state index contributed by atoms with van der Waals surface area (Å²) in [5, 5.41) is 9.21. The lowest BCUT2D eigenvalue weighted by Crippen LogP contribution is -2.45. The Bertz CT molecular complexity index is 340. The SMILES string of the molecule is CC(C)CC(N)(C(=O)O)c1ccccc1.Cl. The van der Waals surface area contributed by atoms with E-state index in [2.05, 4.69) is 0 Å². The second-order valence-corrected chi connectivity index (χ2v) is 4.24. The van der Waals surface area contributed by atoms with E-state index in [1.54, 1.807) is 24.3 Å². The summed E-state index contributed by atoms with van der Waals surface area (Å²) in [6.45, 7) is 3.93. The van der Waals surface area contributed by atoms with Gasteiger partial charge in [0.1, 0.15) is 5.54 Å². The summed E-state index contributed by atoms with van der Waals surface area (Å²) in [4.78, 5) is 11.2. The minimum atomic E-state index is -1.27. The van der Waals surface area contributed by atoms with Crippen LogP contribution in [0.2, 0.25) is 0 Å². The van der Waals surface area contributed by atoms with Gasteiger partial charge >= 0.3 is 5.97 Å². The molecule has 1 aromatic carbocycles. The lowest BCUT2D eigenvalue weighted by atomic mass is 9.83. The Balaban J connectivity index is 0.00000225. The van der Waals surface area contributed by atoms with Gasteiger partial charge in [0.15, 0.2) is 0 Å². The zero-order valence-corrected chi connectivity index (χ0v) is 10.3. The molecule has 0 saturated heterocycles. The van der Waals surface area contributed by atoms with Crippen molar-refractivity contribution in [1.82, 2.24) is 0 Å². The van der Waals surface area contributed by atoms with E-state index in [4.69, 9.17) is 5.73 Å². The van der Waals surface area contributed by atoms with Crippen molar-refractivity contribution in [1.29, 1.82) is 0 Å². The van der Waals surface area contributed by atoms with E-state index < -0.39 is 11.5 Å². The van der Waals surface area contributed by atoms with Crippen molar-refractivity contribution in [2.24, 2.45) is 11.7 Å². The normalized spacial score (nSPS) is 14.0. The average molecular weight is 244 g/mol. The molecule has 0 aromatic heterocycles. The molecule has 16 heavy (non-hydrogen) atoms. The highest BCUT2D eigenvalue weighted by Crippen LogP contribution is 2.26. The van der Waals surface area contributed by atoms with Gasteiger partial charge in [0.05, 0.1) is 0 Å². The molecule has 0 bridgehead atoms. The fourth-order valence-corrected chi connectivity index (χ4v) is 1.71. The second-order valence-electron chi connectivity index (χ2n) is 4.24. The molecule has 4 heteroatoms. The van der Waals surface area contributed by atoms with Gasteiger partial charge < -0.3 is 10.8 Å². The van der Waals surface area contributed by atoms with Crippen molar-refractivity contribution >= 4 is 18.4 Å². The van der Waals surface area contributed by atoms with Crippen molar-refractivity contribution < 1.29 is 9.90 Å². The minimum absolute atomic E-state index is 0. The number of hydrogen-bond acceptors (Lipinski definition) is 2. The van der Waals surface area contributed by atoms with Crippen LogP contribution in [-0.2, 0) is 10.3 Å². The van der Waals surface area contributed by atoms with Gasteiger partial charge in [-0.2, -0.15) is 0 Å². The minimum Gasteiger partial charge on any atom is -0.480 e. The van der Waals surface area contributed by atoms with Crippen molar-refractivity contribution in [2.45, 2.75) is 25.8 Å². The van der Waals surface area contributed by atoms with Gasteiger partial charge in [0, 0.05) is 0 Å². The summed E-state index contributed by atoms with van der Waals surface area (Å²) >= 11 is 0. The lowest BCUT2D eigenvalue weighted by molar-refractivity contribution is -0.144. The van der Waals surface area contributed by atoms with Crippen LogP contribution in [0.15, 0.2) is 30.3 Å². The Labute approximate surface area is 102 Å². The number of nitrogens with two attached hydrogens (primary N) is 1. The highest BCUT2D eigenvalue weighted by Gasteiger charge is 2.36. The van der Waals surface area contributed by atoms with Crippen LogP contribution in [0.4, 0.5) is 0 Å². The molecule has 90 valence electrons. The topological polar surface area (TPSA) is 63.3 Å². The number of carbonyl (C=O) groups is 1. The number of carboxylic acids is 1. The van der Waals surface area contributed by atoms with E-state index in [1.165, 1.54) is 0 Å². The van der Waals surface area contributed by atoms with Gasteiger partial charge in [-0.05, 0) is 17.9 Å². The number of hydrogen-bond donors (Lipinski definition) is 2. The van der Waals surface area contributed by atoms with Crippen molar-refractivity contribution in [3.05, 3.63) is 35.9 Å². The highest BCUT2D eigenvalue weighted by molar-refractivity contribution is 5.85. The van der Waals surface area contributed by atoms with E-state index in [0.717, 1.165) is 0 Å². The van der Waals surface area contributed by atoms with Gasteiger partial charge in [-0.1, -0.05) is 44.2 Å². The fraction of sp³-hybridized carbons (Fsp3) is 0.417. The number of halogens is 1. The monoisotopic (exact) mass is 243 g/mol. The van der Waals surface area contributed by atoms with Crippen molar-refractivity contribution in [2.75, 3.05) is 0 Å². The van der Waals surface area contributed by atoms with Crippen LogP contribution in [0.1, 0.15) is 25.8 Å². The number of carboxylic acid groups (broad SMARTS) is 1. The zero-order valence-electron chi connectivity index (χ0n) is 9.51. The van der Waals surface area contributed by atoms with E-state index in [1.807, 2.05) is 19.9 Å². The van der Waals surface area contributed by atoms with Gasteiger partial charge in [0.2, 0.25) is 0 Å². The smallest absolute Gasteiger partial charge is 0.328 e. The van der Waals surface area contributed by atoms with Crippen LogP contribution in [0, 0.1) is 5.92 Å². The first-order valence-electron chi connectivity index (χ1n) is 5.04. The van der Waals surface area contributed by atoms with Gasteiger partial charge in [-0.15, -0.1) is 12.4 Å². The molecule has 1 unspecified atom stereocenters. The Morgan fingerprint density at radius 2 is 1.88 bits per heavy atom. The fourth-order valence-electron chi connectivity index (χ4n) is 1.71. The maximum atomic E-state index is 11.2. The van der Waals surface area contributed by atoms with Crippen LogP contribution in [0.25, 0.3) is 0 Å². The molecule has 0 aliphatic heterocycles. The Morgan fingerprint density at radius 1 is 1.38 bits per heavy atom. The molecule has 1 rings (SSSR count). The maximum Gasteiger partial charge on any atom is 0.328 e. The molecule has 0 spiro atoms. The first-order chi connectivity index (χ1) is 6.97. The summed E-state index contributed by atoms with van der Waals surface area (Å²) in [5.41, 5.74) is 5.35. The largest absolute Gasteiger partial charge is 0.480 e. The highest BCUT2D eigenvalue weighted by atomic mass is 35.5. The van der Waals surface area contributed by atoms with Gasteiger partial charge in [0.25, 0.3) is 0 Å². The third-order valence-corrected chi connectivity index (χ3v) is 2.40. The summed E-state index contributed by atoms with van der Waals surface area (Å²) < 4.78 is 0. The Kier molecular flexibility index (Phi) is 5.48. The molecule has 1 aromatic rings. The molecular formula is C12H18ClNO2. The molecule has 0 radical (unpaired) electrons. The van der Waals surface area contributed by atoms with E-state index in [-0.39, 0.29) is 18.3 Å². The summed E-state index contributed by atoms with van der Waals surface area (Å²) in [6, 6.07) is 8.98. The first kappa shape index (κ1) is 14.9. The third-order valence-electron chi connectivity index (χ3n) is 2.40. The Morgan fingerprint density at radius 3 is 2.25 bits per heavy atom. The van der Waals surface area contributed by atoms with Crippen LogP contribution >= 0.6 is 12.4 Å². The molecule has 0 aliphatic rings. The van der Waals surface area contributed by atoms with Gasteiger partial charge in [-0.3, -0.25) is 0 Å². The van der Waals surface area contributed by atoms with Crippen LogP contribution in [0.5, 0.6) is 0 Å². The molecule has 3 nitrogen and oxygen atoms in total. The molecule has 0 amide bonds. The van der Waals surface area contributed by atoms with Crippen LogP contribution in [0.3, 0.4) is 0 Å². The molecule has 0 saturated carbocycles. The van der Waals surface area contributed by atoms with Crippen molar-refractivity contribution in [3.8, 4) is 0 Å². The second kappa shape index (κ2) is 5.87. The molecular weight excluding hydrogens is 226 g/mol. The predicted octanol–water partition coefficient (Wildman–Crippen LogP) is 2.39. The molecule has 1 atom stereocenters. The van der Waals surface area contributed by atoms with Crippen molar-refractivity contribution in [3.63, 3.8) is 0 Å². The maximum absolute atomic E-state index is 11.2. The zero-order chi connectivity index (χ0) is 11.5. The summed E-state index contributed by atoms with van der Waals surface area (Å²) in [7, 11) is 0. The number of benzene rings is 1. The lowest BCUT2D eigenvalue weighted by Gasteiger charge is -2.27. The molecule has 3 N–H and O–H groups in total. The number of aliphatic carboxylic acids is 1. The van der Waals surface area contributed by atoms with E-state index in [0.29, 0.717) is 12.0 Å². The van der Waals surface area contributed by atoms with E-state index >= 15 is 0 Å². The number of rotatable bonds is 4. The Hall–Kier alpha value is -1.06.